The predicted molar refractivity (Wildman–Crippen MR) is 189 cm³/mol. The van der Waals surface area contributed by atoms with Gasteiger partial charge in [-0.25, -0.2) is 0 Å². The standard InChI is InChI=1S/C44H48O5/c45-40(28-42-24-33-21-34(25-42)23-35(22-33)26-42)39-27-43(49-41(39)46,30-47-29-32-13-5-1-6-14-32)31-48-44(36-15-7-2-8-16-36,37-17-9-3-10-18-37)38-19-11-4-12-20-38/h1-20,33-35,39-40,45H,21-31H2/t33?,34?,35?,39?,40?,42?,43-/m1/s1. The molecule has 2 unspecified atom stereocenters. The number of ether oxygens (including phenoxy) is 3. The molecule has 0 aromatic heterocycles. The number of cyclic esters (lactones) is 1. The van der Waals surface area contributed by atoms with Crippen LogP contribution in [0.3, 0.4) is 0 Å². The summed E-state index contributed by atoms with van der Waals surface area (Å²) in [7, 11) is 0. The number of carbonyl (C=O) groups excluding carboxylic acids is 1. The summed E-state index contributed by atoms with van der Waals surface area (Å²) in [4.78, 5) is 13.9. The lowest BCUT2D eigenvalue weighted by Gasteiger charge is -2.57. The van der Waals surface area contributed by atoms with Gasteiger partial charge in [-0.1, -0.05) is 121 Å². The van der Waals surface area contributed by atoms with E-state index in [2.05, 4.69) is 36.4 Å². The van der Waals surface area contributed by atoms with E-state index in [9.17, 15) is 9.90 Å². The fourth-order valence-electron chi connectivity index (χ4n) is 10.4. The molecule has 4 saturated carbocycles. The molecule has 0 spiro atoms. The van der Waals surface area contributed by atoms with Crippen LogP contribution in [0.15, 0.2) is 121 Å². The Hall–Kier alpha value is -3.77. The van der Waals surface area contributed by atoms with E-state index in [1.807, 2.05) is 84.9 Å². The second kappa shape index (κ2) is 13.5. The smallest absolute Gasteiger partial charge is 0.312 e. The number of benzene rings is 4. The molecule has 5 fully saturated rings. The van der Waals surface area contributed by atoms with E-state index in [4.69, 9.17) is 14.2 Å². The maximum absolute atomic E-state index is 13.9. The molecular formula is C44H48O5. The maximum Gasteiger partial charge on any atom is 0.312 e. The second-order valence-electron chi connectivity index (χ2n) is 15.7. The largest absolute Gasteiger partial charge is 0.454 e. The van der Waals surface area contributed by atoms with Gasteiger partial charge in [0.05, 0.1) is 31.8 Å². The molecule has 5 aliphatic rings. The molecule has 1 N–H and O–H groups in total. The van der Waals surface area contributed by atoms with Crippen molar-refractivity contribution in [3.63, 3.8) is 0 Å². The normalized spacial score (nSPS) is 29.5. The lowest BCUT2D eigenvalue weighted by Crippen LogP contribution is -2.48. The summed E-state index contributed by atoms with van der Waals surface area (Å²) in [5.74, 6) is 1.41. The van der Waals surface area contributed by atoms with Crippen LogP contribution >= 0.6 is 0 Å². The minimum atomic E-state index is -1.07. The average Bonchev–Trinajstić information content (AvgIpc) is 3.46. The lowest BCUT2D eigenvalue weighted by atomic mass is 9.48. The van der Waals surface area contributed by atoms with Gasteiger partial charge in [-0.15, -0.1) is 0 Å². The number of hydrogen-bond acceptors (Lipinski definition) is 5. The van der Waals surface area contributed by atoms with Crippen LogP contribution in [-0.2, 0) is 31.2 Å². The molecular weight excluding hydrogens is 608 g/mol. The number of aliphatic hydroxyl groups is 1. The fraction of sp³-hybridized carbons (Fsp3) is 0.432. The van der Waals surface area contributed by atoms with Crippen LogP contribution in [-0.4, -0.2) is 36.0 Å². The minimum Gasteiger partial charge on any atom is -0.454 e. The zero-order valence-electron chi connectivity index (χ0n) is 28.3. The van der Waals surface area contributed by atoms with Crippen LogP contribution in [0.1, 0.15) is 73.6 Å². The third-order valence-electron chi connectivity index (χ3n) is 12.1. The van der Waals surface area contributed by atoms with Crippen molar-refractivity contribution in [3.8, 4) is 0 Å². The zero-order chi connectivity index (χ0) is 33.3. The van der Waals surface area contributed by atoms with Gasteiger partial charge in [-0.05, 0) is 90.4 Å². The molecule has 1 heterocycles. The van der Waals surface area contributed by atoms with Gasteiger partial charge in [0.25, 0.3) is 0 Å². The van der Waals surface area contributed by atoms with E-state index < -0.39 is 23.2 Å². The molecule has 0 amide bonds. The van der Waals surface area contributed by atoms with Gasteiger partial charge in [0.1, 0.15) is 5.60 Å². The molecule has 5 heteroatoms. The highest BCUT2D eigenvalue weighted by molar-refractivity contribution is 5.76. The highest BCUT2D eigenvalue weighted by Gasteiger charge is 2.56. The highest BCUT2D eigenvalue weighted by Crippen LogP contribution is 2.62. The lowest BCUT2D eigenvalue weighted by molar-refractivity contribution is -0.169. The molecule has 9 rings (SSSR count). The van der Waals surface area contributed by atoms with Crippen LogP contribution in [0.5, 0.6) is 0 Å². The van der Waals surface area contributed by atoms with Crippen LogP contribution in [0.4, 0.5) is 0 Å². The van der Waals surface area contributed by atoms with Gasteiger partial charge in [0, 0.05) is 6.42 Å². The van der Waals surface area contributed by atoms with Crippen molar-refractivity contribution in [1.29, 1.82) is 0 Å². The molecule has 5 nitrogen and oxygen atoms in total. The first-order valence-electron chi connectivity index (χ1n) is 18.3. The van der Waals surface area contributed by atoms with E-state index in [1.165, 1.54) is 38.5 Å². The van der Waals surface area contributed by atoms with Crippen molar-refractivity contribution in [3.05, 3.63) is 144 Å². The summed E-state index contributed by atoms with van der Waals surface area (Å²) < 4.78 is 20.0. The predicted octanol–water partition coefficient (Wildman–Crippen LogP) is 8.48. The Kier molecular flexibility index (Phi) is 8.94. The van der Waals surface area contributed by atoms with E-state index in [0.717, 1.165) is 40.0 Å². The average molecular weight is 657 g/mol. The van der Waals surface area contributed by atoms with Crippen molar-refractivity contribution in [2.75, 3.05) is 13.2 Å². The first kappa shape index (κ1) is 32.4. The number of aliphatic hydroxyl groups excluding tert-OH is 1. The Morgan fingerprint density at radius 3 is 1.63 bits per heavy atom. The van der Waals surface area contributed by atoms with Crippen LogP contribution < -0.4 is 0 Å². The quantitative estimate of drug-likeness (QED) is 0.116. The Bertz CT molecular complexity index is 1560. The van der Waals surface area contributed by atoms with Gasteiger partial charge in [-0.2, -0.15) is 0 Å². The summed E-state index contributed by atoms with van der Waals surface area (Å²) in [5.41, 5.74) is 2.11. The molecule has 254 valence electrons. The number of hydrogen-bond donors (Lipinski definition) is 1. The van der Waals surface area contributed by atoms with E-state index >= 15 is 0 Å². The Morgan fingerprint density at radius 1 is 0.673 bits per heavy atom. The zero-order valence-corrected chi connectivity index (χ0v) is 28.3. The van der Waals surface area contributed by atoms with Crippen LogP contribution in [0.25, 0.3) is 0 Å². The van der Waals surface area contributed by atoms with Crippen molar-refractivity contribution in [1.82, 2.24) is 0 Å². The molecule has 1 aliphatic heterocycles. The maximum atomic E-state index is 13.9. The minimum absolute atomic E-state index is 0.104. The molecule has 4 aromatic carbocycles. The molecule has 1 saturated heterocycles. The summed E-state index contributed by atoms with van der Waals surface area (Å²) in [6.07, 6.45) is 7.93. The third-order valence-corrected chi connectivity index (χ3v) is 12.1. The van der Waals surface area contributed by atoms with Gasteiger partial charge >= 0.3 is 5.97 Å². The summed E-state index contributed by atoms with van der Waals surface area (Å²) in [6.45, 7) is 0.664. The van der Waals surface area contributed by atoms with Crippen LogP contribution in [0.2, 0.25) is 0 Å². The van der Waals surface area contributed by atoms with E-state index in [0.29, 0.717) is 19.4 Å². The molecule has 4 aliphatic carbocycles. The molecule has 49 heavy (non-hydrogen) atoms. The number of rotatable bonds is 13. The molecule has 0 radical (unpaired) electrons. The van der Waals surface area contributed by atoms with Gasteiger partial charge in [0.2, 0.25) is 0 Å². The Balaban J connectivity index is 1.10. The first-order chi connectivity index (χ1) is 23.9. The highest BCUT2D eigenvalue weighted by atomic mass is 16.6. The van der Waals surface area contributed by atoms with E-state index in [1.54, 1.807) is 0 Å². The van der Waals surface area contributed by atoms with Crippen molar-refractivity contribution < 1.29 is 24.1 Å². The summed E-state index contributed by atoms with van der Waals surface area (Å²) >= 11 is 0. The van der Waals surface area contributed by atoms with Crippen LogP contribution in [0, 0.1) is 29.1 Å². The van der Waals surface area contributed by atoms with Crippen molar-refractivity contribution in [2.45, 2.75) is 75.3 Å². The Morgan fingerprint density at radius 2 is 1.14 bits per heavy atom. The topological polar surface area (TPSA) is 65.0 Å². The van der Waals surface area contributed by atoms with E-state index in [-0.39, 0.29) is 24.6 Å². The fourth-order valence-corrected chi connectivity index (χ4v) is 10.4. The number of carbonyl (C=O) groups is 1. The van der Waals surface area contributed by atoms with Crippen molar-refractivity contribution >= 4 is 5.97 Å². The third kappa shape index (κ3) is 6.49. The summed E-state index contributed by atoms with van der Waals surface area (Å²) in [6, 6.07) is 40.9. The number of esters is 1. The van der Waals surface area contributed by atoms with Gasteiger partial charge in [-0.3, -0.25) is 4.79 Å². The molecule has 4 aromatic rings. The van der Waals surface area contributed by atoms with Crippen molar-refractivity contribution in [2.24, 2.45) is 29.1 Å². The molecule has 3 atom stereocenters. The Labute approximate surface area is 290 Å². The van der Waals surface area contributed by atoms with Gasteiger partial charge in [0.15, 0.2) is 5.60 Å². The summed E-state index contributed by atoms with van der Waals surface area (Å²) in [5, 5.41) is 11.9. The van der Waals surface area contributed by atoms with Gasteiger partial charge < -0.3 is 19.3 Å². The molecule has 4 bridgehead atoms. The monoisotopic (exact) mass is 656 g/mol. The first-order valence-corrected chi connectivity index (χ1v) is 18.3. The second-order valence-corrected chi connectivity index (χ2v) is 15.7. The SMILES string of the molecule is O=C1O[C@](COCc2ccccc2)(COC(c2ccccc2)(c2ccccc2)c2ccccc2)CC1C(O)CC12CC3CC(CC(C3)C1)C2.